The highest BCUT2D eigenvalue weighted by atomic mass is 16.4. The molecule has 0 aliphatic rings. The van der Waals surface area contributed by atoms with Crippen LogP contribution in [0.25, 0.3) is 11.4 Å². The fraction of sp³-hybridized carbons (Fsp3) is 0.462. The van der Waals surface area contributed by atoms with Crippen molar-refractivity contribution in [3.8, 4) is 11.4 Å². The first-order valence-corrected chi connectivity index (χ1v) is 6.29. The van der Waals surface area contributed by atoms with Crippen molar-refractivity contribution in [2.45, 2.75) is 33.2 Å². The second-order valence-corrected chi connectivity index (χ2v) is 5.66. The van der Waals surface area contributed by atoms with Crippen molar-refractivity contribution in [2.75, 3.05) is 0 Å². The predicted molar refractivity (Wildman–Crippen MR) is 71.8 cm³/mol. The van der Waals surface area contributed by atoms with Crippen molar-refractivity contribution < 1.29 is 9.90 Å². The topological polar surface area (TPSA) is 93.8 Å². The van der Waals surface area contributed by atoms with Gasteiger partial charge in [0, 0.05) is 18.0 Å². The third-order valence-electron chi connectivity index (χ3n) is 3.09. The summed E-state index contributed by atoms with van der Waals surface area (Å²) in [5.41, 5.74) is 0.528. The summed E-state index contributed by atoms with van der Waals surface area (Å²) in [5.74, 6) is -0.324. The molecule has 0 spiro atoms. The Hall–Kier alpha value is -2.31. The van der Waals surface area contributed by atoms with Gasteiger partial charge in [0.05, 0.1) is 12.5 Å². The minimum atomic E-state index is -0.874. The number of nitrogens with zero attached hydrogens (tertiary/aromatic N) is 5. The number of tetrazole rings is 1. The van der Waals surface area contributed by atoms with E-state index in [1.165, 1.54) is 0 Å². The molecule has 0 fully saturated rings. The van der Waals surface area contributed by atoms with Crippen molar-refractivity contribution in [1.82, 2.24) is 25.2 Å². The van der Waals surface area contributed by atoms with E-state index >= 15 is 0 Å². The Morgan fingerprint density at radius 1 is 1.35 bits per heavy atom. The van der Waals surface area contributed by atoms with Crippen LogP contribution in [0.15, 0.2) is 24.5 Å². The zero-order chi connectivity index (χ0) is 14.8. The van der Waals surface area contributed by atoms with Gasteiger partial charge in [-0.15, -0.1) is 5.10 Å². The number of hydrogen-bond donors (Lipinski definition) is 1. The van der Waals surface area contributed by atoms with Gasteiger partial charge in [-0.05, 0) is 28.0 Å². The van der Waals surface area contributed by atoms with Crippen LogP contribution in [0.5, 0.6) is 0 Å². The fourth-order valence-electron chi connectivity index (χ4n) is 2.02. The molecule has 2 rings (SSSR count). The molecule has 0 saturated carbocycles. The quantitative estimate of drug-likeness (QED) is 0.914. The van der Waals surface area contributed by atoms with Crippen molar-refractivity contribution in [2.24, 2.45) is 5.41 Å². The number of carboxylic acid groups (broad SMARTS) is 1. The Kier molecular flexibility index (Phi) is 3.78. The Labute approximate surface area is 116 Å². The molecule has 0 saturated heterocycles. The van der Waals surface area contributed by atoms with Gasteiger partial charge in [-0.3, -0.25) is 9.78 Å². The first kappa shape index (κ1) is 14.1. The number of carbonyl (C=O) groups is 1. The van der Waals surface area contributed by atoms with Crippen LogP contribution in [-0.2, 0) is 4.79 Å². The highest BCUT2D eigenvalue weighted by molar-refractivity contribution is 5.67. The smallest absolute Gasteiger partial charge is 0.305 e. The largest absolute Gasteiger partial charge is 0.481 e. The van der Waals surface area contributed by atoms with E-state index in [2.05, 4.69) is 20.5 Å². The second kappa shape index (κ2) is 5.36. The van der Waals surface area contributed by atoms with Crippen molar-refractivity contribution >= 4 is 5.97 Å². The summed E-state index contributed by atoms with van der Waals surface area (Å²) in [7, 11) is 0. The minimum absolute atomic E-state index is 0.0351. The van der Waals surface area contributed by atoms with E-state index in [1.807, 2.05) is 20.8 Å². The van der Waals surface area contributed by atoms with E-state index in [4.69, 9.17) is 5.11 Å². The molecule has 0 bridgehead atoms. The van der Waals surface area contributed by atoms with Gasteiger partial charge >= 0.3 is 5.97 Å². The molecule has 0 aliphatic heterocycles. The maximum atomic E-state index is 11.1. The lowest BCUT2D eigenvalue weighted by Gasteiger charge is -2.29. The molecule has 0 radical (unpaired) electrons. The van der Waals surface area contributed by atoms with Gasteiger partial charge in [0.15, 0.2) is 5.82 Å². The van der Waals surface area contributed by atoms with Gasteiger partial charge in [0.2, 0.25) is 0 Å². The van der Waals surface area contributed by atoms with E-state index in [0.29, 0.717) is 5.82 Å². The second-order valence-electron chi connectivity index (χ2n) is 5.66. The molecular weight excluding hydrogens is 258 g/mol. The van der Waals surface area contributed by atoms with Crippen LogP contribution < -0.4 is 0 Å². The lowest BCUT2D eigenvalue weighted by atomic mass is 9.84. The van der Waals surface area contributed by atoms with Crippen LogP contribution in [0.3, 0.4) is 0 Å². The van der Waals surface area contributed by atoms with Crippen molar-refractivity contribution in [3.05, 3.63) is 24.5 Å². The van der Waals surface area contributed by atoms with Gasteiger partial charge in [-0.25, -0.2) is 4.68 Å². The summed E-state index contributed by atoms with van der Waals surface area (Å²) in [4.78, 5) is 15.1. The third-order valence-corrected chi connectivity index (χ3v) is 3.09. The Morgan fingerprint density at radius 3 is 2.55 bits per heavy atom. The highest BCUT2D eigenvalue weighted by Crippen LogP contribution is 2.34. The van der Waals surface area contributed by atoms with Crippen LogP contribution in [-0.4, -0.2) is 36.3 Å². The lowest BCUT2D eigenvalue weighted by Crippen LogP contribution is -2.28. The van der Waals surface area contributed by atoms with Crippen molar-refractivity contribution in [1.29, 1.82) is 0 Å². The maximum absolute atomic E-state index is 11.1. The molecule has 106 valence electrons. The molecule has 0 amide bonds. The van der Waals surface area contributed by atoms with E-state index in [9.17, 15) is 4.79 Å². The monoisotopic (exact) mass is 275 g/mol. The van der Waals surface area contributed by atoms with Gasteiger partial charge in [-0.2, -0.15) is 0 Å². The predicted octanol–water partition coefficient (Wildman–Crippen LogP) is 1.80. The summed E-state index contributed by atoms with van der Waals surface area (Å²) in [6.45, 7) is 5.91. The van der Waals surface area contributed by atoms with Crippen LogP contribution in [0.2, 0.25) is 0 Å². The van der Waals surface area contributed by atoms with Crippen LogP contribution in [0.1, 0.15) is 33.2 Å². The number of rotatable bonds is 4. The standard InChI is InChI=1S/C13H17N5O2/c1-13(2,3)10(8-11(19)20)18-12(15-16-17-18)9-4-6-14-7-5-9/h4-7,10H,8H2,1-3H3,(H,19,20). The summed E-state index contributed by atoms with van der Waals surface area (Å²) < 4.78 is 1.59. The number of hydrogen-bond acceptors (Lipinski definition) is 5. The van der Waals surface area contributed by atoms with Gasteiger partial charge in [0.25, 0.3) is 0 Å². The molecule has 0 aromatic carbocycles. The van der Waals surface area contributed by atoms with E-state index < -0.39 is 5.97 Å². The van der Waals surface area contributed by atoms with Gasteiger partial charge in [-0.1, -0.05) is 20.8 Å². The molecular formula is C13H17N5O2. The average molecular weight is 275 g/mol. The van der Waals surface area contributed by atoms with E-state index in [0.717, 1.165) is 5.56 Å². The SMILES string of the molecule is CC(C)(C)C(CC(=O)O)n1nnnc1-c1ccncc1. The zero-order valence-electron chi connectivity index (χ0n) is 11.7. The lowest BCUT2D eigenvalue weighted by molar-refractivity contribution is -0.138. The minimum Gasteiger partial charge on any atom is -0.481 e. The average Bonchev–Trinajstić information content (AvgIpc) is 2.84. The van der Waals surface area contributed by atoms with Crippen LogP contribution in [0, 0.1) is 5.41 Å². The molecule has 1 unspecified atom stereocenters. The fourth-order valence-corrected chi connectivity index (χ4v) is 2.02. The molecule has 20 heavy (non-hydrogen) atoms. The summed E-state index contributed by atoms with van der Waals surface area (Å²) in [6.07, 6.45) is 3.27. The number of pyridine rings is 1. The zero-order valence-corrected chi connectivity index (χ0v) is 11.7. The molecule has 2 aromatic heterocycles. The summed E-state index contributed by atoms with van der Waals surface area (Å²) in [5, 5.41) is 20.8. The molecule has 7 nitrogen and oxygen atoms in total. The van der Waals surface area contributed by atoms with Gasteiger partial charge in [0.1, 0.15) is 0 Å². The first-order chi connectivity index (χ1) is 9.39. The highest BCUT2D eigenvalue weighted by Gasteiger charge is 2.31. The molecule has 0 aliphatic carbocycles. The Bertz CT molecular complexity index is 588. The molecule has 7 heteroatoms. The van der Waals surface area contributed by atoms with Crippen molar-refractivity contribution in [3.63, 3.8) is 0 Å². The van der Waals surface area contributed by atoms with E-state index in [1.54, 1.807) is 29.2 Å². The Balaban J connectivity index is 2.46. The van der Waals surface area contributed by atoms with Crippen LogP contribution >= 0.6 is 0 Å². The molecule has 2 aromatic rings. The molecule has 1 N–H and O–H groups in total. The number of aromatic nitrogens is 5. The Morgan fingerprint density at radius 2 is 2.00 bits per heavy atom. The number of carboxylic acids is 1. The maximum Gasteiger partial charge on any atom is 0.305 e. The molecule has 2 heterocycles. The summed E-state index contributed by atoms with van der Waals surface area (Å²) in [6, 6.07) is 3.25. The molecule has 1 atom stereocenters. The van der Waals surface area contributed by atoms with Crippen LogP contribution in [0.4, 0.5) is 0 Å². The van der Waals surface area contributed by atoms with Gasteiger partial charge < -0.3 is 5.11 Å². The van der Waals surface area contributed by atoms with E-state index in [-0.39, 0.29) is 17.9 Å². The third kappa shape index (κ3) is 2.98. The first-order valence-electron chi connectivity index (χ1n) is 6.29. The number of aliphatic carboxylic acids is 1. The normalized spacial score (nSPS) is 13.2. The summed E-state index contributed by atoms with van der Waals surface area (Å²) >= 11 is 0.